The summed E-state index contributed by atoms with van der Waals surface area (Å²) < 4.78 is 6.02. The first-order valence-electron chi connectivity index (χ1n) is 10.5. The third kappa shape index (κ3) is 3.40. The van der Waals surface area contributed by atoms with Gasteiger partial charge in [0.05, 0.1) is 16.6 Å². The summed E-state index contributed by atoms with van der Waals surface area (Å²) in [5.41, 5.74) is 7.05. The Morgan fingerprint density at radius 1 is 0.719 bits per heavy atom. The van der Waals surface area contributed by atoms with Crippen molar-refractivity contribution >= 4 is 21.9 Å². The van der Waals surface area contributed by atoms with E-state index in [1.165, 1.54) is 0 Å². The molecular weight excluding hydrogens is 396 g/mol. The second-order valence-electron chi connectivity index (χ2n) is 7.74. The summed E-state index contributed by atoms with van der Waals surface area (Å²) in [7, 11) is 0. The van der Waals surface area contributed by atoms with Crippen LogP contribution in [-0.4, -0.2) is 20.2 Å². The van der Waals surface area contributed by atoms with Gasteiger partial charge in [-0.15, -0.1) is 0 Å². The number of fused-ring (bicyclic) bond motifs is 2. The summed E-state index contributed by atoms with van der Waals surface area (Å²) in [5, 5.41) is 8.68. The standard InChI is InChI=1S/C27H20N4O/c1-2-7-18(8-3-1)17-32-21-10-6-9-19(15-21)20-13-14-23-22(16-20)26(31-30-23)27-28-24-11-4-5-12-25(24)29-27/h1-16H,17H2,(H,28,29)(H,30,31). The van der Waals surface area contributed by atoms with Gasteiger partial charge in [-0.1, -0.05) is 60.7 Å². The van der Waals surface area contributed by atoms with Crippen molar-refractivity contribution in [3.05, 3.63) is 103 Å². The molecule has 2 aromatic heterocycles. The fraction of sp³-hybridized carbons (Fsp3) is 0.0370. The Morgan fingerprint density at radius 3 is 2.47 bits per heavy atom. The van der Waals surface area contributed by atoms with Gasteiger partial charge in [-0.3, -0.25) is 5.10 Å². The Balaban J connectivity index is 1.34. The van der Waals surface area contributed by atoms with Crippen LogP contribution in [0.25, 0.3) is 44.6 Å². The van der Waals surface area contributed by atoms with E-state index in [1.54, 1.807) is 0 Å². The molecule has 0 bridgehead atoms. The number of para-hydroxylation sites is 2. The number of imidazole rings is 1. The van der Waals surface area contributed by atoms with Gasteiger partial charge < -0.3 is 9.72 Å². The Bertz CT molecular complexity index is 1500. The van der Waals surface area contributed by atoms with E-state index >= 15 is 0 Å². The molecule has 4 aromatic carbocycles. The monoisotopic (exact) mass is 416 g/mol. The zero-order valence-corrected chi connectivity index (χ0v) is 17.2. The van der Waals surface area contributed by atoms with E-state index in [9.17, 15) is 0 Å². The highest BCUT2D eigenvalue weighted by Crippen LogP contribution is 2.31. The normalized spacial score (nSPS) is 11.2. The van der Waals surface area contributed by atoms with Crippen molar-refractivity contribution in [1.29, 1.82) is 0 Å². The molecular formula is C27H20N4O. The van der Waals surface area contributed by atoms with Gasteiger partial charge in [0, 0.05) is 5.39 Å². The Labute approximate surface area is 184 Å². The fourth-order valence-corrected chi connectivity index (χ4v) is 3.95. The van der Waals surface area contributed by atoms with Crippen LogP contribution in [0.1, 0.15) is 5.56 Å². The van der Waals surface area contributed by atoms with Crippen molar-refractivity contribution in [1.82, 2.24) is 20.2 Å². The van der Waals surface area contributed by atoms with Crippen LogP contribution in [0.2, 0.25) is 0 Å². The quantitative estimate of drug-likeness (QED) is 0.344. The maximum Gasteiger partial charge on any atom is 0.159 e. The highest BCUT2D eigenvalue weighted by molar-refractivity contribution is 5.95. The smallest absolute Gasteiger partial charge is 0.159 e. The second kappa shape index (κ2) is 7.71. The summed E-state index contributed by atoms with van der Waals surface area (Å²) >= 11 is 0. The molecule has 2 heterocycles. The molecule has 0 amide bonds. The van der Waals surface area contributed by atoms with Crippen LogP contribution in [0.5, 0.6) is 5.75 Å². The summed E-state index contributed by atoms with van der Waals surface area (Å²) in [6.45, 7) is 0.543. The van der Waals surface area contributed by atoms with Gasteiger partial charge in [0.15, 0.2) is 5.82 Å². The van der Waals surface area contributed by atoms with Gasteiger partial charge in [-0.2, -0.15) is 5.10 Å². The number of benzene rings is 4. The van der Waals surface area contributed by atoms with Crippen molar-refractivity contribution in [3.8, 4) is 28.4 Å². The lowest BCUT2D eigenvalue weighted by atomic mass is 10.0. The zero-order valence-electron chi connectivity index (χ0n) is 17.2. The largest absolute Gasteiger partial charge is 0.489 e. The van der Waals surface area contributed by atoms with Crippen LogP contribution < -0.4 is 4.74 Å². The van der Waals surface area contributed by atoms with E-state index in [-0.39, 0.29) is 0 Å². The minimum Gasteiger partial charge on any atom is -0.489 e. The van der Waals surface area contributed by atoms with Crippen molar-refractivity contribution in [2.24, 2.45) is 0 Å². The van der Waals surface area contributed by atoms with Crippen molar-refractivity contribution in [2.45, 2.75) is 6.61 Å². The topological polar surface area (TPSA) is 66.6 Å². The first kappa shape index (κ1) is 18.4. The Morgan fingerprint density at radius 2 is 1.56 bits per heavy atom. The summed E-state index contributed by atoms with van der Waals surface area (Å²) in [4.78, 5) is 8.09. The van der Waals surface area contributed by atoms with E-state index in [1.807, 2.05) is 54.6 Å². The average molecular weight is 416 g/mol. The minimum atomic E-state index is 0.543. The third-order valence-corrected chi connectivity index (χ3v) is 5.59. The molecule has 0 radical (unpaired) electrons. The Hall–Kier alpha value is -4.38. The maximum absolute atomic E-state index is 6.02. The lowest BCUT2D eigenvalue weighted by Crippen LogP contribution is -1.95. The third-order valence-electron chi connectivity index (χ3n) is 5.59. The molecule has 2 N–H and O–H groups in total. The molecule has 0 saturated carbocycles. The SMILES string of the molecule is c1ccc(COc2cccc(-c3ccc4[nH]nc(-c5nc6ccccc6[nH]5)c4c3)c2)cc1. The van der Waals surface area contributed by atoms with Crippen LogP contribution in [0.4, 0.5) is 0 Å². The van der Waals surface area contributed by atoms with Crippen LogP contribution in [0, 0.1) is 0 Å². The molecule has 5 heteroatoms. The van der Waals surface area contributed by atoms with E-state index in [2.05, 4.69) is 57.6 Å². The number of ether oxygens (including phenoxy) is 1. The molecule has 0 fully saturated rings. The molecule has 0 atom stereocenters. The number of aromatic nitrogens is 4. The maximum atomic E-state index is 6.02. The molecule has 0 aliphatic carbocycles. The minimum absolute atomic E-state index is 0.543. The summed E-state index contributed by atoms with van der Waals surface area (Å²) in [6, 6.07) is 32.7. The zero-order chi connectivity index (χ0) is 21.3. The summed E-state index contributed by atoms with van der Waals surface area (Å²) in [5.74, 6) is 1.60. The van der Waals surface area contributed by atoms with E-state index in [0.717, 1.165) is 55.9 Å². The fourth-order valence-electron chi connectivity index (χ4n) is 3.95. The lowest BCUT2D eigenvalue weighted by molar-refractivity contribution is 0.306. The number of hydrogen-bond donors (Lipinski definition) is 2. The number of nitrogens with zero attached hydrogens (tertiary/aromatic N) is 2. The molecule has 6 rings (SSSR count). The van der Waals surface area contributed by atoms with Crippen LogP contribution in [0.3, 0.4) is 0 Å². The van der Waals surface area contributed by atoms with Gasteiger partial charge >= 0.3 is 0 Å². The highest BCUT2D eigenvalue weighted by Gasteiger charge is 2.13. The molecule has 6 aromatic rings. The molecule has 0 unspecified atom stereocenters. The molecule has 5 nitrogen and oxygen atoms in total. The van der Waals surface area contributed by atoms with Crippen molar-refractivity contribution < 1.29 is 4.74 Å². The first-order chi connectivity index (χ1) is 15.8. The van der Waals surface area contributed by atoms with E-state index < -0.39 is 0 Å². The number of nitrogens with one attached hydrogen (secondary N) is 2. The van der Waals surface area contributed by atoms with Gasteiger partial charge in [-0.25, -0.2) is 4.98 Å². The van der Waals surface area contributed by atoms with Crippen LogP contribution in [0.15, 0.2) is 97.1 Å². The molecule has 0 saturated heterocycles. The number of aromatic amines is 2. The van der Waals surface area contributed by atoms with Gasteiger partial charge in [0.2, 0.25) is 0 Å². The molecule has 32 heavy (non-hydrogen) atoms. The lowest BCUT2D eigenvalue weighted by Gasteiger charge is -2.09. The first-order valence-corrected chi connectivity index (χ1v) is 10.5. The molecule has 0 aliphatic heterocycles. The van der Waals surface area contributed by atoms with Crippen molar-refractivity contribution in [2.75, 3.05) is 0 Å². The predicted molar refractivity (Wildman–Crippen MR) is 127 cm³/mol. The molecule has 154 valence electrons. The van der Waals surface area contributed by atoms with Crippen LogP contribution in [-0.2, 0) is 6.61 Å². The number of rotatable bonds is 5. The predicted octanol–water partition coefficient (Wildman–Crippen LogP) is 6.35. The van der Waals surface area contributed by atoms with E-state index in [4.69, 9.17) is 9.72 Å². The molecule has 0 aliphatic rings. The highest BCUT2D eigenvalue weighted by atomic mass is 16.5. The van der Waals surface area contributed by atoms with Crippen LogP contribution >= 0.6 is 0 Å². The van der Waals surface area contributed by atoms with Gasteiger partial charge in [0.25, 0.3) is 0 Å². The second-order valence-corrected chi connectivity index (χ2v) is 7.74. The van der Waals surface area contributed by atoms with E-state index in [0.29, 0.717) is 6.61 Å². The van der Waals surface area contributed by atoms with Gasteiger partial charge in [-0.05, 0) is 53.1 Å². The van der Waals surface area contributed by atoms with Crippen molar-refractivity contribution in [3.63, 3.8) is 0 Å². The summed E-state index contributed by atoms with van der Waals surface area (Å²) in [6.07, 6.45) is 0. The molecule has 0 spiro atoms. The Kier molecular flexibility index (Phi) is 4.43. The van der Waals surface area contributed by atoms with Gasteiger partial charge in [0.1, 0.15) is 18.1 Å². The average Bonchev–Trinajstić information content (AvgIpc) is 3.47. The number of hydrogen-bond acceptors (Lipinski definition) is 3. The number of H-pyrrole nitrogens is 2.